The van der Waals surface area contributed by atoms with E-state index >= 15 is 0 Å². The van der Waals surface area contributed by atoms with Crippen molar-refractivity contribution in [2.45, 2.75) is 39.3 Å². The summed E-state index contributed by atoms with van der Waals surface area (Å²) in [5.74, 6) is 0.547. The molecular formula is C15H23ClN2. The van der Waals surface area contributed by atoms with Crippen LogP contribution in [0.4, 0.5) is 0 Å². The highest BCUT2D eigenvalue weighted by Crippen LogP contribution is 2.39. The maximum atomic E-state index is 6.26. The Bertz CT molecular complexity index is 417. The number of benzene rings is 1. The van der Waals surface area contributed by atoms with Gasteiger partial charge in [0, 0.05) is 17.1 Å². The molecule has 0 aliphatic carbocycles. The third kappa shape index (κ3) is 2.56. The van der Waals surface area contributed by atoms with E-state index in [0.717, 1.165) is 23.7 Å². The van der Waals surface area contributed by atoms with E-state index in [-0.39, 0.29) is 0 Å². The highest BCUT2D eigenvalue weighted by Gasteiger charge is 2.35. The van der Waals surface area contributed by atoms with Crippen LogP contribution in [-0.4, -0.2) is 24.0 Å². The number of hydrogen-bond donors (Lipinski definition) is 1. The molecule has 1 saturated heterocycles. The fraction of sp³-hybridized carbons (Fsp3) is 0.600. The normalized spacial score (nSPS) is 25.0. The maximum absolute atomic E-state index is 6.26. The Kier molecular flexibility index (Phi) is 4.31. The molecule has 0 saturated carbocycles. The van der Waals surface area contributed by atoms with Gasteiger partial charge in [-0.2, -0.15) is 0 Å². The van der Waals surface area contributed by atoms with Crippen LogP contribution in [-0.2, 0) is 0 Å². The fourth-order valence-corrected chi connectivity index (χ4v) is 3.15. The molecule has 0 bridgehead atoms. The van der Waals surface area contributed by atoms with Crippen LogP contribution < -0.4 is 5.73 Å². The summed E-state index contributed by atoms with van der Waals surface area (Å²) in [4.78, 5) is 2.54. The molecule has 0 amide bonds. The van der Waals surface area contributed by atoms with Gasteiger partial charge in [0.2, 0.25) is 0 Å². The smallest absolute Gasteiger partial charge is 0.0438 e. The minimum atomic E-state index is 0.424. The van der Waals surface area contributed by atoms with Crippen molar-refractivity contribution in [1.29, 1.82) is 0 Å². The SMILES string of the molecule is Cc1ccc(C2C(CN)CCN2C(C)C)cc1Cl. The van der Waals surface area contributed by atoms with E-state index in [1.807, 2.05) is 6.92 Å². The molecule has 1 fully saturated rings. The van der Waals surface area contributed by atoms with E-state index in [0.29, 0.717) is 18.0 Å². The molecule has 1 aliphatic rings. The van der Waals surface area contributed by atoms with Gasteiger partial charge in [-0.15, -0.1) is 0 Å². The largest absolute Gasteiger partial charge is 0.330 e. The molecule has 2 unspecified atom stereocenters. The van der Waals surface area contributed by atoms with Crippen LogP contribution in [0.3, 0.4) is 0 Å². The molecule has 1 aromatic rings. The molecule has 100 valence electrons. The highest BCUT2D eigenvalue weighted by atomic mass is 35.5. The third-order valence-electron chi connectivity index (χ3n) is 4.07. The van der Waals surface area contributed by atoms with Crippen LogP contribution in [0.15, 0.2) is 18.2 Å². The molecule has 1 aromatic carbocycles. The molecule has 3 heteroatoms. The summed E-state index contributed by atoms with van der Waals surface area (Å²) in [6.45, 7) is 8.43. The number of halogens is 1. The van der Waals surface area contributed by atoms with Gasteiger partial charge in [-0.3, -0.25) is 4.90 Å². The first-order chi connectivity index (χ1) is 8.54. The van der Waals surface area contributed by atoms with Gasteiger partial charge >= 0.3 is 0 Å². The summed E-state index contributed by atoms with van der Waals surface area (Å²) >= 11 is 6.26. The lowest BCUT2D eigenvalue weighted by molar-refractivity contribution is 0.184. The Morgan fingerprint density at radius 2 is 2.17 bits per heavy atom. The Labute approximate surface area is 115 Å². The predicted molar refractivity (Wildman–Crippen MR) is 77.9 cm³/mol. The minimum absolute atomic E-state index is 0.424. The van der Waals surface area contributed by atoms with Crippen molar-refractivity contribution in [3.63, 3.8) is 0 Å². The van der Waals surface area contributed by atoms with E-state index < -0.39 is 0 Å². The standard InChI is InChI=1S/C15H23ClN2/c1-10(2)18-7-6-13(9-17)15(18)12-5-4-11(3)14(16)8-12/h4-5,8,10,13,15H,6-7,9,17H2,1-3H3. The molecule has 2 nitrogen and oxygen atoms in total. The second kappa shape index (κ2) is 5.60. The van der Waals surface area contributed by atoms with Crippen LogP contribution in [0.1, 0.15) is 37.4 Å². The number of nitrogens with zero attached hydrogens (tertiary/aromatic N) is 1. The summed E-state index contributed by atoms with van der Waals surface area (Å²) in [6, 6.07) is 7.40. The summed E-state index contributed by atoms with van der Waals surface area (Å²) in [5, 5.41) is 0.860. The minimum Gasteiger partial charge on any atom is -0.330 e. The number of likely N-dealkylation sites (tertiary alicyclic amines) is 1. The van der Waals surface area contributed by atoms with Crippen LogP contribution in [0.2, 0.25) is 5.02 Å². The van der Waals surface area contributed by atoms with Crippen LogP contribution in [0.5, 0.6) is 0 Å². The predicted octanol–water partition coefficient (Wildman–Crippen LogP) is 3.38. The van der Waals surface area contributed by atoms with E-state index in [9.17, 15) is 0 Å². The molecule has 1 heterocycles. The van der Waals surface area contributed by atoms with E-state index in [4.69, 9.17) is 17.3 Å². The molecular weight excluding hydrogens is 244 g/mol. The number of aryl methyl sites for hydroxylation is 1. The average molecular weight is 267 g/mol. The van der Waals surface area contributed by atoms with Gasteiger partial charge in [0.05, 0.1) is 0 Å². The van der Waals surface area contributed by atoms with Crippen molar-refractivity contribution >= 4 is 11.6 Å². The second-order valence-electron chi connectivity index (χ2n) is 5.57. The van der Waals surface area contributed by atoms with Crippen LogP contribution >= 0.6 is 11.6 Å². The Balaban J connectivity index is 2.34. The monoisotopic (exact) mass is 266 g/mol. The second-order valence-corrected chi connectivity index (χ2v) is 5.98. The van der Waals surface area contributed by atoms with Crippen molar-refractivity contribution in [2.24, 2.45) is 11.7 Å². The molecule has 1 aliphatic heterocycles. The molecule has 0 aromatic heterocycles. The summed E-state index contributed by atoms with van der Waals surface area (Å²) < 4.78 is 0. The Morgan fingerprint density at radius 1 is 1.44 bits per heavy atom. The Morgan fingerprint density at radius 3 is 2.72 bits per heavy atom. The summed E-state index contributed by atoms with van der Waals surface area (Å²) in [5.41, 5.74) is 8.38. The zero-order valence-electron chi connectivity index (χ0n) is 11.5. The molecule has 2 rings (SSSR count). The van der Waals surface area contributed by atoms with Gasteiger partial charge < -0.3 is 5.73 Å². The molecule has 2 N–H and O–H groups in total. The van der Waals surface area contributed by atoms with Gasteiger partial charge in [-0.05, 0) is 63.4 Å². The van der Waals surface area contributed by atoms with Gasteiger partial charge in [-0.25, -0.2) is 0 Å². The Hall–Kier alpha value is -0.570. The topological polar surface area (TPSA) is 29.3 Å². The lowest BCUT2D eigenvalue weighted by Crippen LogP contribution is -2.33. The van der Waals surface area contributed by atoms with Gasteiger partial charge in [0.1, 0.15) is 0 Å². The van der Waals surface area contributed by atoms with Crippen molar-refractivity contribution in [3.8, 4) is 0 Å². The first-order valence-electron chi connectivity index (χ1n) is 6.76. The van der Waals surface area contributed by atoms with Gasteiger partial charge in [0.15, 0.2) is 0 Å². The van der Waals surface area contributed by atoms with E-state index in [2.05, 4.69) is 36.9 Å². The zero-order valence-corrected chi connectivity index (χ0v) is 12.2. The van der Waals surface area contributed by atoms with Crippen LogP contribution in [0, 0.1) is 12.8 Å². The first-order valence-corrected chi connectivity index (χ1v) is 7.14. The highest BCUT2D eigenvalue weighted by molar-refractivity contribution is 6.31. The quantitative estimate of drug-likeness (QED) is 0.909. The number of nitrogens with two attached hydrogens (primary N) is 1. The first kappa shape index (κ1) is 13.9. The van der Waals surface area contributed by atoms with Crippen molar-refractivity contribution in [1.82, 2.24) is 4.90 Å². The number of hydrogen-bond acceptors (Lipinski definition) is 2. The summed E-state index contributed by atoms with van der Waals surface area (Å²) in [7, 11) is 0. The van der Waals surface area contributed by atoms with E-state index in [1.165, 1.54) is 12.0 Å². The molecule has 2 atom stereocenters. The molecule has 0 spiro atoms. The van der Waals surface area contributed by atoms with Gasteiger partial charge in [0.25, 0.3) is 0 Å². The summed E-state index contributed by atoms with van der Waals surface area (Å²) in [6.07, 6.45) is 1.19. The number of rotatable bonds is 3. The molecule has 18 heavy (non-hydrogen) atoms. The lowest BCUT2D eigenvalue weighted by Gasteiger charge is -2.31. The van der Waals surface area contributed by atoms with Crippen molar-refractivity contribution < 1.29 is 0 Å². The van der Waals surface area contributed by atoms with Crippen molar-refractivity contribution in [3.05, 3.63) is 34.3 Å². The van der Waals surface area contributed by atoms with Gasteiger partial charge in [-0.1, -0.05) is 23.7 Å². The van der Waals surface area contributed by atoms with Crippen LogP contribution in [0.25, 0.3) is 0 Å². The lowest BCUT2D eigenvalue weighted by atomic mass is 9.93. The maximum Gasteiger partial charge on any atom is 0.0438 e. The third-order valence-corrected chi connectivity index (χ3v) is 4.47. The average Bonchev–Trinajstić information content (AvgIpc) is 2.76. The zero-order chi connectivity index (χ0) is 13.3. The van der Waals surface area contributed by atoms with Crippen molar-refractivity contribution in [2.75, 3.05) is 13.1 Å². The molecule has 0 radical (unpaired) electrons. The fourth-order valence-electron chi connectivity index (χ4n) is 2.97. The van der Waals surface area contributed by atoms with E-state index in [1.54, 1.807) is 0 Å².